The molecule has 1 atom stereocenters. The first-order valence-corrected chi connectivity index (χ1v) is 9.25. The van der Waals surface area contributed by atoms with Crippen molar-refractivity contribution in [1.82, 2.24) is 20.1 Å². The molecule has 5 heteroatoms. The van der Waals surface area contributed by atoms with Crippen molar-refractivity contribution in [2.75, 3.05) is 6.54 Å². The Morgan fingerprint density at radius 1 is 1.11 bits per heavy atom. The van der Waals surface area contributed by atoms with Gasteiger partial charge in [0, 0.05) is 35.2 Å². The maximum atomic E-state index is 13.0. The van der Waals surface area contributed by atoms with E-state index < -0.39 is 0 Å². The first-order valence-electron chi connectivity index (χ1n) is 9.25. The summed E-state index contributed by atoms with van der Waals surface area (Å²) in [4.78, 5) is 18.3. The fourth-order valence-corrected chi connectivity index (χ4v) is 3.79. The smallest absolute Gasteiger partial charge is 0.270 e. The van der Waals surface area contributed by atoms with Gasteiger partial charge < -0.3 is 9.88 Å². The third-order valence-corrected chi connectivity index (χ3v) is 5.40. The molecule has 0 radical (unpaired) electrons. The molecular weight excluding hydrogens is 336 g/mol. The molecule has 0 bridgehead atoms. The van der Waals surface area contributed by atoms with Crippen LogP contribution in [0.25, 0.3) is 22.0 Å². The highest BCUT2D eigenvalue weighted by Crippen LogP contribution is 2.27. The number of likely N-dealkylation sites (tertiary alicyclic amines) is 1. The second-order valence-corrected chi connectivity index (χ2v) is 7.10. The SMILES string of the molecule is O=C(c1cc2ccc(-c3cn[nH]c3)cc2[nH]1)N1CC[C@@H]1Cc1ccccc1. The van der Waals surface area contributed by atoms with Gasteiger partial charge in [0.25, 0.3) is 5.91 Å². The van der Waals surface area contributed by atoms with Crippen LogP contribution in [0, 0.1) is 0 Å². The van der Waals surface area contributed by atoms with Gasteiger partial charge in [-0.05, 0) is 36.1 Å². The first-order chi connectivity index (χ1) is 13.3. The summed E-state index contributed by atoms with van der Waals surface area (Å²) in [7, 11) is 0. The molecule has 0 saturated carbocycles. The number of hydrogen-bond acceptors (Lipinski definition) is 2. The number of hydrogen-bond donors (Lipinski definition) is 2. The number of benzene rings is 2. The summed E-state index contributed by atoms with van der Waals surface area (Å²) in [5, 5.41) is 7.88. The molecule has 3 heterocycles. The normalized spacial score (nSPS) is 16.4. The molecule has 27 heavy (non-hydrogen) atoms. The average molecular weight is 356 g/mol. The van der Waals surface area contributed by atoms with Crippen molar-refractivity contribution in [2.24, 2.45) is 0 Å². The van der Waals surface area contributed by atoms with E-state index >= 15 is 0 Å². The quantitative estimate of drug-likeness (QED) is 0.580. The molecule has 2 aromatic heterocycles. The van der Waals surface area contributed by atoms with Crippen molar-refractivity contribution in [3.8, 4) is 11.1 Å². The summed E-state index contributed by atoms with van der Waals surface area (Å²) >= 11 is 0. The molecule has 1 saturated heterocycles. The number of aromatic amines is 2. The average Bonchev–Trinajstić information content (AvgIpc) is 3.35. The van der Waals surface area contributed by atoms with Gasteiger partial charge in [-0.3, -0.25) is 9.89 Å². The Bertz CT molecular complexity index is 1080. The van der Waals surface area contributed by atoms with E-state index in [-0.39, 0.29) is 11.9 Å². The Morgan fingerprint density at radius 3 is 2.74 bits per heavy atom. The number of nitrogens with one attached hydrogen (secondary N) is 2. The molecule has 0 spiro atoms. The lowest BCUT2D eigenvalue weighted by Crippen LogP contribution is -2.52. The van der Waals surface area contributed by atoms with Crippen LogP contribution in [0.2, 0.25) is 0 Å². The molecule has 2 aromatic carbocycles. The molecule has 5 rings (SSSR count). The van der Waals surface area contributed by atoms with Crippen molar-refractivity contribution in [2.45, 2.75) is 18.9 Å². The maximum Gasteiger partial charge on any atom is 0.270 e. The van der Waals surface area contributed by atoms with Crippen LogP contribution in [0.4, 0.5) is 0 Å². The van der Waals surface area contributed by atoms with Gasteiger partial charge in [-0.25, -0.2) is 0 Å². The number of carbonyl (C=O) groups excluding carboxylic acids is 1. The fraction of sp³-hybridized carbons (Fsp3) is 0.182. The highest BCUT2D eigenvalue weighted by atomic mass is 16.2. The van der Waals surface area contributed by atoms with E-state index in [4.69, 9.17) is 0 Å². The zero-order valence-corrected chi connectivity index (χ0v) is 14.9. The van der Waals surface area contributed by atoms with Gasteiger partial charge in [0.05, 0.1) is 6.20 Å². The Kier molecular flexibility index (Phi) is 3.78. The Morgan fingerprint density at radius 2 is 2.00 bits per heavy atom. The molecule has 5 nitrogen and oxygen atoms in total. The fourth-order valence-electron chi connectivity index (χ4n) is 3.79. The molecule has 1 amide bonds. The lowest BCUT2D eigenvalue weighted by atomic mass is 9.95. The van der Waals surface area contributed by atoms with E-state index in [1.807, 2.05) is 29.3 Å². The second-order valence-electron chi connectivity index (χ2n) is 7.10. The van der Waals surface area contributed by atoms with Gasteiger partial charge in [0.1, 0.15) is 5.69 Å². The molecule has 0 unspecified atom stereocenters. The highest BCUT2D eigenvalue weighted by Gasteiger charge is 2.33. The van der Waals surface area contributed by atoms with Crippen LogP contribution in [0.15, 0.2) is 67.0 Å². The van der Waals surface area contributed by atoms with Crippen LogP contribution < -0.4 is 0 Å². The largest absolute Gasteiger partial charge is 0.351 e. The Hall–Kier alpha value is -3.34. The summed E-state index contributed by atoms with van der Waals surface area (Å²) in [5.74, 6) is 0.0863. The van der Waals surface area contributed by atoms with Gasteiger partial charge >= 0.3 is 0 Å². The first kappa shape index (κ1) is 15.9. The standard InChI is InChI=1S/C22H20N4O/c27-22(26-9-8-19(26)10-15-4-2-1-3-5-15)21-12-17-7-6-16(11-20(17)25-21)18-13-23-24-14-18/h1-7,11-14,19,25H,8-10H2,(H,23,24)/t19-/m1/s1. The number of H-pyrrole nitrogens is 2. The van der Waals surface area contributed by atoms with Crippen LogP contribution in [-0.2, 0) is 6.42 Å². The number of amides is 1. The highest BCUT2D eigenvalue weighted by molar-refractivity contribution is 5.99. The van der Waals surface area contributed by atoms with E-state index in [1.165, 1.54) is 5.56 Å². The van der Waals surface area contributed by atoms with Crippen LogP contribution in [0.3, 0.4) is 0 Å². The third-order valence-electron chi connectivity index (χ3n) is 5.40. The van der Waals surface area contributed by atoms with E-state index in [0.717, 1.165) is 41.4 Å². The van der Waals surface area contributed by atoms with Crippen LogP contribution in [0.5, 0.6) is 0 Å². The minimum atomic E-state index is 0.0863. The molecule has 1 aliphatic rings. The van der Waals surface area contributed by atoms with Crippen molar-refractivity contribution in [3.63, 3.8) is 0 Å². The topological polar surface area (TPSA) is 64.8 Å². The van der Waals surface area contributed by atoms with Crippen LogP contribution in [-0.4, -0.2) is 38.6 Å². The molecule has 134 valence electrons. The van der Waals surface area contributed by atoms with Gasteiger partial charge in [-0.2, -0.15) is 5.10 Å². The molecule has 1 aliphatic heterocycles. The molecule has 1 fully saturated rings. The summed E-state index contributed by atoms with van der Waals surface area (Å²) in [6.45, 7) is 0.825. The lowest BCUT2D eigenvalue weighted by molar-refractivity contribution is 0.0459. The number of carbonyl (C=O) groups is 1. The van der Waals surface area contributed by atoms with E-state index in [2.05, 4.69) is 51.6 Å². The van der Waals surface area contributed by atoms with Crippen LogP contribution in [0.1, 0.15) is 22.5 Å². The molecular formula is C22H20N4O. The number of rotatable bonds is 4. The zero-order valence-electron chi connectivity index (χ0n) is 14.9. The van der Waals surface area contributed by atoms with Crippen molar-refractivity contribution >= 4 is 16.8 Å². The predicted octanol–water partition coefficient (Wildman–Crippen LogP) is 4.02. The number of aromatic nitrogens is 3. The summed E-state index contributed by atoms with van der Waals surface area (Å²) in [5.41, 5.74) is 5.01. The third kappa shape index (κ3) is 2.91. The van der Waals surface area contributed by atoms with E-state index in [0.29, 0.717) is 5.69 Å². The summed E-state index contributed by atoms with van der Waals surface area (Å²) in [6, 6.07) is 18.8. The zero-order chi connectivity index (χ0) is 18.2. The molecule has 4 aromatic rings. The van der Waals surface area contributed by atoms with Gasteiger partial charge in [-0.15, -0.1) is 0 Å². The summed E-state index contributed by atoms with van der Waals surface area (Å²) < 4.78 is 0. The minimum Gasteiger partial charge on any atom is -0.351 e. The monoisotopic (exact) mass is 356 g/mol. The lowest BCUT2D eigenvalue weighted by Gasteiger charge is -2.41. The van der Waals surface area contributed by atoms with Gasteiger partial charge in [0.2, 0.25) is 0 Å². The number of nitrogens with zero attached hydrogens (tertiary/aromatic N) is 2. The Labute approximate surface area is 157 Å². The van der Waals surface area contributed by atoms with Crippen LogP contribution >= 0.6 is 0 Å². The second kappa shape index (κ2) is 6.43. The van der Waals surface area contributed by atoms with Crippen molar-refractivity contribution < 1.29 is 4.79 Å². The summed E-state index contributed by atoms with van der Waals surface area (Å²) in [6.07, 6.45) is 5.64. The minimum absolute atomic E-state index is 0.0863. The molecule has 0 aliphatic carbocycles. The van der Waals surface area contributed by atoms with Gasteiger partial charge in [-0.1, -0.05) is 42.5 Å². The van der Waals surface area contributed by atoms with Crippen molar-refractivity contribution in [3.05, 3.63) is 78.2 Å². The number of fused-ring (bicyclic) bond motifs is 1. The van der Waals surface area contributed by atoms with Gasteiger partial charge in [0.15, 0.2) is 0 Å². The van der Waals surface area contributed by atoms with E-state index in [1.54, 1.807) is 6.20 Å². The predicted molar refractivity (Wildman–Crippen MR) is 105 cm³/mol. The maximum absolute atomic E-state index is 13.0. The van der Waals surface area contributed by atoms with E-state index in [9.17, 15) is 4.79 Å². The Balaban J connectivity index is 1.37. The van der Waals surface area contributed by atoms with Crippen molar-refractivity contribution in [1.29, 1.82) is 0 Å². The molecule has 2 N–H and O–H groups in total.